The van der Waals surface area contributed by atoms with Gasteiger partial charge in [-0.15, -0.1) is 0 Å². The Kier molecular flexibility index (Phi) is 5.21. The molecule has 0 bridgehead atoms. The van der Waals surface area contributed by atoms with Gasteiger partial charge < -0.3 is 0 Å². The number of aromatic nitrogens is 1. The molecule has 1 heterocycles. The molecule has 0 aliphatic carbocycles. The lowest BCUT2D eigenvalue weighted by molar-refractivity contribution is 1.37. The Hall–Kier alpha value is -5.27. The molecule has 40 heavy (non-hydrogen) atoms. The van der Waals surface area contributed by atoms with Crippen LogP contribution in [0.15, 0.2) is 152 Å². The molecule has 0 unspecified atom stereocenters. The van der Waals surface area contributed by atoms with Crippen LogP contribution in [0.5, 0.6) is 0 Å². The average molecular weight is 508 g/mol. The standard InChI is InChI=1S/C39H25N/c1-2-10-26(11-3-1)29-20-21-34-36(24-29)38(32-18-8-14-27-12-4-6-16-30(27)32)35-22-23-40-25-37(35)39(34)33-19-9-15-28-13-5-7-17-31(28)33/h1-25H. The predicted molar refractivity (Wildman–Crippen MR) is 171 cm³/mol. The van der Waals surface area contributed by atoms with E-state index in [0.29, 0.717) is 0 Å². The summed E-state index contributed by atoms with van der Waals surface area (Å²) in [6, 6.07) is 50.4. The van der Waals surface area contributed by atoms with E-state index in [4.69, 9.17) is 0 Å². The fourth-order valence-electron chi connectivity index (χ4n) is 6.35. The largest absolute Gasteiger partial charge is 0.264 e. The molecule has 0 atom stereocenters. The van der Waals surface area contributed by atoms with Crippen molar-refractivity contribution < 1.29 is 0 Å². The highest BCUT2D eigenvalue weighted by molar-refractivity contribution is 6.25. The van der Waals surface area contributed by atoms with E-state index in [-0.39, 0.29) is 0 Å². The number of hydrogen-bond acceptors (Lipinski definition) is 1. The van der Waals surface area contributed by atoms with Gasteiger partial charge in [-0.05, 0) is 83.2 Å². The van der Waals surface area contributed by atoms with Crippen molar-refractivity contribution in [2.75, 3.05) is 0 Å². The minimum absolute atomic E-state index is 1.17. The van der Waals surface area contributed by atoms with Crippen molar-refractivity contribution in [2.24, 2.45) is 0 Å². The summed E-state index contributed by atoms with van der Waals surface area (Å²) in [5.74, 6) is 0. The van der Waals surface area contributed by atoms with Gasteiger partial charge >= 0.3 is 0 Å². The first kappa shape index (κ1) is 22.7. The number of pyridine rings is 1. The summed E-state index contributed by atoms with van der Waals surface area (Å²) in [4.78, 5) is 4.65. The molecule has 0 radical (unpaired) electrons. The molecule has 0 saturated heterocycles. The topological polar surface area (TPSA) is 12.9 Å². The number of nitrogens with zero attached hydrogens (tertiary/aromatic N) is 1. The minimum Gasteiger partial charge on any atom is -0.264 e. The quantitative estimate of drug-likeness (QED) is 0.217. The van der Waals surface area contributed by atoms with Crippen LogP contribution in [0.2, 0.25) is 0 Å². The molecule has 0 spiro atoms. The van der Waals surface area contributed by atoms with Crippen LogP contribution in [0.25, 0.3) is 76.5 Å². The molecule has 0 aliphatic heterocycles. The minimum atomic E-state index is 1.17. The molecule has 1 heteroatoms. The summed E-state index contributed by atoms with van der Waals surface area (Å²) in [6.07, 6.45) is 3.97. The van der Waals surface area contributed by atoms with Gasteiger partial charge in [0.2, 0.25) is 0 Å². The summed E-state index contributed by atoms with van der Waals surface area (Å²) < 4.78 is 0. The molecule has 0 N–H and O–H groups in total. The number of rotatable bonds is 3. The Morgan fingerprint density at radius 1 is 0.350 bits per heavy atom. The van der Waals surface area contributed by atoms with Crippen LogP contribution < -0.4 is 0 Å². The molecule has 0 saturated carbocycles. The van der Waals surface area contributed by atoms with Crippen molar-refractivity contribution in [1.82, 2.24) is 4.98 Å². The average Bonchev–Trinajstić information content (AvgIpc) is 3.03. The molecule has 0 amide bonds. The molecule has 186 valence electrons. The first-order valence-corrected chi connectivity index (χ1v) is 13.7. The molecule has 1 nitrogen and oxygen atoms in total. The third-order valence-corrected chi connectivity index (χ3v) is 8.14. The summed E-state index contributed by atoms with van der Waals surface area (Å²) in [7, 11) is 0. The third kappa shape index (κ3) is 3.52. The zero-order valence-electron chi connectivity index (χ0n) is 21.9. The van der Waals surface area contributed by atoms with Gasteiger partial charge in [-0.2, -0.15) is 0 Å². The molecule has 8 aromatic rings. The highest BCUT2D eigenvalue weighted by atomic mass is 14.6. The maximum absolute atomic E-state index is 4.65. The van der Waals surface area contributed by atoms with E-state index in [1.54, 1.807) is 0 Å². The molecule has 0 fully saturated rings. The Morgan fingerprint density at radius 2 is 0.925 bits per heavy atom. The van der Waals surface area contributed by atoms with E-state index in [0.717, 1.165) is 0 Å². The summed E-state index contributed by atoms with van der Waals surface area (Å²) in [5, 5.41) is 9.86. The van der Waals surface area contributed by atoms with Crippen LogP contribution >= 0.6 is 0 Å². The van der Waals surface area contributed by atoms with Crippen molar-refractivity contribution in [2.45, 2.75) is 0 Å². The van der Waals surface area contributed by atoms with Crippen LogP contribution in [0.3, 0.4) is 0 Å². The van der Waals surface area contributed by atoms with Crippen LogP contribution in [0, 0.1) is 0 Å². The second kappa shape index (κ2) is 9.18. The molecular formula is C39H25N. The van der Waals surface area contributed by atoms with Crippen LogP contribution in [0.4, 0.5) is 0 Å². The fourth-order valence-corrected chi connectivity index (χ4v) is 6.35. The Labute approximate surface area is 233 Å². The molecule has 8 rings (SSSR count). The highest BCUT2D eigenvalue weighted by Crippen LogP contribution is 2.47. The van der Waals surface area contributed by atoms with Crippen molar-refractivity contribution in [1.29, 1.82) is 0 Å². The van der Waals surface area contributed by atoms with E-state index in [1.165, 1.54) is 76.5 Å². The van der Waals surface area contributed by atoms with E-state index in [1.807, 2.05) is 12.4 Å². The van der Waals surface area contributed by atoms with Gasteiger partial charge in [-0.1, -0.05) is 127 Å². The second-order valence-corrected chi connectivity index (χ2v) is 10.4. The third-order valence-electron chi connectivity index (χ3n) is 8.14. The number of hydrogen-bond donors (Lipinski definition) is 0. The van der Waals surface area contributed by atoms with Gasteiger partial charge in [0.15, 0.2) is 0 Å². The van der Waals surface area contributed by atoms with Crippen LogP contribution in [-0.2, 0) is 0 Å². The van der Waals surface area contributed by atoms with Crippen LogP contribution in [0.1, 0.15) is 0 Å². The van der Waals surface area contributed by atoms with Crippen LogP contribution in [-0.4, -0.2) is 4.98 Å². The Bertz CT molecular complexity index is 2200. The lowest BCUT2D eigenvalue weighted by Gasteiger charge is -2.20. The number of benzene rings is 7. The molecular weight excluding hydrogens is 482 g/mol. The van der Waals surface area contributed by atoms with Gasteiger partial charge in [0.25, 0.3) is 0 Å². The van der Waals surface area contributed by atoms with Gasteiger partial charge in [0.1, 0.15) is 0 Å². The smallest absolute Gasteiger partial charge is 0.0353 e. The van der Waals surface area contributed by atoms with Crippen molar-refractivity contribution in [3.8, 4) is 33.4 Å². The molecule has 0 aliphatic rings. The molecule has 1 aromatic heterocycles. The van der Waals surface area contributed by atoms with E-state index in [2.05, 4.69) is 145 Å². The second-order valence-electron chi connectivity index (χ2n) is 10.4. The fraction of sp³-hybridized carbons (Fsp3) is 0. The Balaban J connectivity index is 1.59. The maximum Gasteiger partial charge on any atom is 0.0353 e. The van der Waals surface area contributed by atoms with Gasteiger partial charge in [-0.3, -0.25) is 4.98 Å². The lowest BCUT2D eigenvalue weighted by Crippen LogP contribution is -1.93. The summed E-state index contributed by atoms with van der Waals surface area (Å²) >= 11 is 0. The van der Waals surface area contributed by atoms with Crippen molar-refractivity contribution >= 4 is 43.1 Å². The highest BCUT2D eigenvalue weighted by Gasteiger charge is 2.20. The normalized spacial score (nSPS) is 11.5. The molecule has 7 aromatic carbocycles. The van der Waals surface area contributed by atoms with Gasteiger partial charge in [-0.25, -0.2) is 0 Å². The number of fused-ring (bicyclic) bond motifs is 4. The van der Waals surface area contributed by atoms with E-state index >= 15 is 0 Å². The van der Waals surface area contributed by atoms with E-state index < -0.39 is 0 Å². The van der Waals surface area contributed by atoms with Gasteiger partial charge in [0, 0.05) is 17.8 Å². The SMILES string of the molecule is c1ccc(-c2ccc3c(-c4cccc5ccccc45)c4cnccc4c(-c4cccc5ccccc45)c3c2)cc1. The van der Waals surface area contributed by atoms with E-state index in [9.17, 15) is 0 Å². The monoisotopic (exact) mass is 507 g/mol. The first-order valence-electron chi connectivity index (χ1n) is 13.7. The van der Waals surface area contributed by atoms with Gasteiger partial charge in [0.05, 0.1) is 0 Å². The first-order chi connectivity index (χ1) is 19.9. The zero-order valence-corrected chi connectivity index (χ0v) is 21.9. The summed E-state index contributed by atoms with van der Waals surface area (Å²) in [6.45, 7) is 0. The predicted octanol–water partition coefficient (Wildman–Crippen LogP) is 10.7. The van der Waals surface area contributed by atoms with Crippen molar-refractivity contribution in [3.05, 3.63) is 152 Å². The summed E-state index contributed by atoms with van der Waals surface area (Å²) in [5.41, 5.74) is 7.40. The zero-order chi connectivity index (χ0) is 26.5. The lowest BCUT2D eigenvalue weighted by atomic mass is 9.83. The van der Waals surface area contributed by atoms with Crippen molar-refractivity contribution in [3.63, 3.8) is 0 Å². The Morgan fingerprint density at radius 3 is 1.62 bits per heavy atom. The maximum atomic E-state index is 4.65.